The van der Waals surface area contributed by atoms with E-state index in [0.717, 1.165) is 37.8 Å². The van der Waals surface area contributed by atoms with Gasteiger partial charge in [0.1, 0.15) is 5.60 Å². The Morgan fingerprint density at radius 3 is 2.60 bits per heavy atom. The number of ether oxygens (including phenoxy) is 1. The Kier molecular flexibility index (Phi) is 6.69. The first-order valence-corrected chi connectivity index (χ1v) is 9.65. The maximum Gasteiger partial charge on any atom is 0.414 e. The molecule has 1 aliphatic heterocycles. The van der Waals surface area contributed by atoms with Gasteiger partial charge in [0.25, 0.3) is 0 Å². The lowest BCUT2D eigenvalue weighted by atomic mass is 9.83. The summed E-state index contributed by atoms with van der Waals surface area (Å²) in [4.78, 5) is 14.7. The Balaban J connectivity index is 2.42. The molecule has 138 valence electrons. The summed E-state index contributed by atoms with van der Waals surface area (Å²) in [6, 6.07) is 8.53. The Bertz CT molecular complexity index is 613. The summed E-state index contributed by atoms with van der Waals surface area (Å²) in [5.41, 5.74) is 3.26. The fraction of sp³-hybridized carbons (Fsp3) is 0.591. The first kappa shape index (κ1) is 19.6. The molecular weight excluding hydrogens is 310 g/mol. The van der Waals surface area contributed by atoms with Crippen LogP contribution in [0.25, 0.3) is 0 Å². The van der Waals surface area contributed by atoms with Gasteiger partial charge in [-0.15, -0.1) is 0 Å². The van der Waals surface area contributed by atoms with E-state index in [9.17, 15) is 4.79 Å². The third-order valence-electron chi connectivity index (χ3n) is 4.53. The van der Waals surface area contributed by atoms with Crippen LogP contribution in [0.2, 0.25) is 0 Å². The van der Waals surface area contributed by atoms with Crippen molar-refractivity contribution in [1.29, 1.82) is 0 Å². The predicted molar refractivity (Wildman–Crippen MR) is 103 cm³/mol. The van der Waals surface area contributed by atoms with E-state index in [2.05, 4.69) is 44.2 Å². The van der Waals surface area contributed by atoms with Crippen LogP contribution in [0.4, 0.5) is 4.79 Å². The highest BCUT2D eigenvalue weighted by atomic mass is 16.6. The van der Waals surface area contributed by atoms with Crippen LogP contribution < -0.4 is 0 Å². The number of hydrogen-bond donors (Lipinski definition) is 0. The number of benzene rings is 1. The molecule has 2 rings (SSSR count). The van der Waals surface area contributed by atoms with Gasteiger partial charge in [-0.2, -0.15) is 0 Å². The number of fused-ring (bicyclic) bond motifs is 1. The van der Waals surface area contributed by atoms with Crippen LogP contribution in [0.5, 0.6) is 0 Å². The van der Waals surface area contributed by atoms with Crippen LogP contribution >= 0.6 is 0 Å². The molecule has 1 aromatic rings. The van der Waals surface area contributed by atoms with Crippen molar-refractivity contribution in [1.82, 2.24) is 4.90 Å². The van der Waals surface area contributed by atoms with Gasteiger partial charge in [0, 0.05) is 11.6 Å². The van der Waals surface area contributed by atoms with Gasteiger partial charge in [-0.1, -0.05) is 63.5 Å². The Hall–Kier alpha value is -1.77. The lowest BCUT2D eigenvalue weighted by Gasteiger charge is -2.38. The van der Waals surface area contributed by atoms with Crippen molar-refractivity contribution < 1.29 is 9.53 Å². The molecule has 25 heavy (non-hydrogen) atoms. The zero-order valence-electron chi connectivity index (χ0n) is 16.5. The summed E-state index contributed by atoms with van der Waals surface area (Å²) in [6.45, 7) is 10.8. The normalized spacial score (nSPS) is 19.0. The van der Waals surface area contributed by atoms with Crippen LogP contribution in [-0.4, -0.2) is 16.6 Å². The zero-order chi connectivity index (χ0) is 18.4. The SMILES string of the molecule is CCC/C=C1/C(CCCC)c2ccccc2CN1C(=O)OC(C)(C)C. The fourth-order valence-corrected chi connectivity index (χ4v) is 3.37. The van der Waals surface area contributed by atoms with Crippen molar-refractivity contribution in [2.24, 2.45) is 0 Å². The minimum atomic E-state index is -0.483. The number of nitrogens with zero attached hydrogens (tertiary/aromatic N) is 1. The fourth-order valence-electron chi connectivity index (χ4n) is 3.37. The maximum absolute atomic E-state index is 12.9. The smallest absolute Gasteiger partial charge is 0.414 e. The van der Waals surface area contributed by atoms with E-state index in [1.807, 2.05) is 25.7 Å². The summed E-state index contributed by atoms with van der Waals surface area (Å²) >= 11 is 0. The number of carbonyl (C=O) groups excluding carboxylic acids is 1. The first-order chi connectivity index (χ1) is 11.9. The topological polar surface area (TPSA) is 29.5 Å². The number of amides is 1. The van der Waals surface area contributed by atoms with Crippen molar-refractivity contribution in [3.63, 3.8) is 0 Å². The second-order valence-electron chi connectivity index (χ2n) is 7.88. The largest absolute Gasteiger partial charge is 0.443 e. The summed E-state index contributed by atoms with van der Waals surface area (Å²) in [7, 11) is 0. The average Bonchev–Trinajstić information content (AvgIpc) is 2.56. The average molecular weight is 344 g/mol. The zero-order valence-corrected chi connectivity index (χ0v) is 16.5. The Morgan fingerprint density at radius 1 is 1.24 bits per heavy atom. The van der Waals surface area contributed by atoms with Gasteiger partial charge in [-0.25, -0.2) is 4.79 Å². The van der Waals surface area contributed by atoms with Crippen molar-refractivity contribution in [3.8, 4) is 0 Å². The lowest BCUT2D eigenvalue weighted by molar-refractivity contribution is 0.0276. The minimum Gasteiger partial charge on any atom is -0.443 e. The van der Waals surface area contributed by atoms with E-state index >= 15 is 0 Å². The molecule has 0 bridgehead atoms. The highest BCUT2D eigenvalue weighted by molar-refractivity contribution is 5.72. The number of rotatable bonds is 5. The van der Waals surface area contributed by atoms with E-state index in [0.29, 0.717) is 6.54 Å². The third kappa shape index (κ3) is 5.10. The molecule has 1 aliphatic rings. The first-order valence-electron chi connectivity index (χ1n) is 9.65. The Labute approximate surface area is 153 Å². The molecule has 1 aromatic carbocycles. The summed E-state index contributed by atoms with van der Waals surface area (Å²) < 4.78 is 5.70. The van der Waals surface area contributed by atoms with Crippen LogP contribution in [0, 0.1) is 0 Å². The molecule has 0 saturated carbocycles. The monoisotopic (exact) mass is 343 g/mol. The van der Waals surface area contributed by atoms with Gasteiger partial charge < -0.3 is 4.74 Å². The highest BCUT2D eigenvalue weighted by Gasteiger charge is 2.34. The molecule has 0 aromatic heterocycles. The lowest BCUT2D eigenvalue weighted by Crippen LogP contribution is -2.40. The van der Waals surface area contributed by atoms with Crippen LogP contribution in [0.1, 0.15) is 83.8 Å². The van der Waals surface area contributed by atoms with Gasteiger partial charge in [0.05, 0.1) is 6.54 Å². The molecule has 3 nitrogen and oxygen atoms in total. The second-order valence-corrected chi connectivity index (χ2v) is 7.88. The van der Waals surface area contributed by atoms with Crippen molar-refractivity contribution in [2.75, 3.05) is 0 Å². The summed E-state index contributed by atoms with van der Waals surface area (Å²) in [5.74, 6) is 0.281. The molecule has 0 radical (unpaired) electrons. The van der Waals surface area contributed by atoms with Crippen LogP contribution in [0.15, 0.2) is 36.0 Å². The van der Waals surface area contributed by atoms with Crippen LogP contribution in [0.3, 0.4) is 0 Å². The number of hydrogen-bond acceptors (Lipinski definition) is 2. The van der Waals surface area contributed by atoms with Crippen molar-refractivity contribution in [2.45, 2.75) is 84.8 Å². The van der Waals surface area contributed by atoms with Crippen LogP contribution in [-0.2, 0) is 11.3 Å². The molecule has 3 heteroatoms. The van der Waals surface area contributed by atoms with Gasteiger partial charge in [0.2, 0.25) is 0 Å². The molecular formula is C22H33NO2. The predicted octanol–water partition coefficient (Wildman–Crippen LogP) is 6.40. The van der Waals surface area contributed by atoms with E-state index < -0.39 is 5.60 Å². The molecule has 0 spiro atoms. The van der Waals surface area contributed by atoms with Gasteiger partial charge >= 0.3 is 6.09 Å². The second kappa shape index (κ2) is 8.55. The molecule has 0 saturated heterocycles. The van der Waals surface area contributed by atoms with E-state index in [1.54, 1.807) is 0 Å². The quantitative estimate of drug-likeness (QED) is 0.619. The maximum atomic E-state index is 12.9. The molecule has 1 heterocycles. The van der Waals surface area contributed by atoms with E-state index in [-0.39, 0.29) is 12.0 Å². The standard InChI is InChI=1S/C22H33NO2/c1-6-8-13-19-18-14-11-10-12-17(18)16-23(20(19)15-9-7-2)21(24)25-22(3,4)5/h10-12,14-15,19H,6-9,13,16H2,1-5H3/b20-15-. The van der Waals surface area contributed by atoms with E-state index in [4.69, 9.17) is 4.74 Å². The van der Waals surface area contributed by atoms with Gasteiger partial charge in [-0.3, -0.25) is 4.90 Å². The van der Waals surface area contributed by atoms with Crippen molar-refractivity contribution in [3.05, 3.63) is 47.2 Å². The summed E-state index contributed by atoms with van der Waals surface area (Å²) in [6.07, 6.45) is 7.47. The number of carbonyl (C=O) groups is 1. The molecule has 1 unspecified atom stereocenters. The van der Waals surface area contributed by atoms with Crippen molar-refractivity contribution >= 4 is 6.09 Å². The highest BCUT2D eigenvalue weighted by Crippen LogP contribution is 2.40. The minimum absolute atomic E-state index is 0.231. The molecule has 1 amide bonds. The van der Waals surface area contributed by atoms with Gasteiger partial charge in [-0.05, 0) is 44.7 Å². The molecule has 0 N–H and O–H groups in total. The number of allylic oxidation sites excluding steroid dienone is 2. The third-order valence-corrected chi connectivity index (χ3v) is 4.53. The van der Waals surface area contributed by atoms with Gasteiger partial charge in [0.15, 0.2) is 0 Å². The number of unbranched alkanes of at least 4 members (excludes halogenated alkanes) is 2. The summed E-state index contributed by atoms with van der Waals surface area (Å²) in [5, 5.41) is 0. The molecule has 0 aliphatic carbocycles. The molecule has 0 fully saturated rings. The Morgan fingerprint density at radius 2 is 1.96 bits per heavy atom. The molecule has 1 atom stereocenters. The van der Waals surface area contributed by atoms with E-state index in [1.165, 1.54) is 11.1 Å².